The monoisotopic (exact) mass is 302 g/mol. The minimum absolute atomic E-state index is 0.0282. The number of non-ortho nitro benzene ring substituents is 1. The third-order valence-electron chi connectivity index (χ3n) is 4.98. The second-order valence-corrected chi connectivity index (χ2v) is 7.95. The summed E-state index contributed by atoms with van der Waals surface area (Å²) in [6, 6.07) is 6.31. The number of hydrogen-bond acceptors (Lipinski definition) is 3. The molecule has 5 nitrogen and oxygen atoms in total. The number of hydrogen-bond donors (Lipinski definition) is 0. The van der Waals surface area contributed by atoms with Crippen LogP contribution < -0.4 is 0 Å². The third kappa shape index (κ3) is 2.60. The number of carbonyl (C=O) groups is 1. The predicted molar refractivity (Wildman–Crippen MR) is 83.7 cm³/mol. The summed E-state index contributed by atoms with van der Waals surface area (Å²) in [4.78, 5) is 25.2. The average molecular weight is 302 g/mol. The van der Waals surface area contributed by atoms with Crippen molar-refractivity contribution in [2.45, 2.75) is 46.1 Å². The molecule has 1 saturated heterocycles. The van der Waals surface area contributed by atoms with Crippen LogP contribution >= 0.6 is 0 Å². The molecule has 0 N–H and O–H groups in total. The summed E-state index contributed by atoms with van der Waals surface area (Å²) in [5, 5.41) is 10.9. The zero-order valence-corrected chi connectivity index (χ0v) is 13.3. The number of fused-ring (bicyclic) bond motifs is 2. The van der Waals surface area contributed by atoms with Gasteiger partial charge in [0, 0.05) is 30.3 Å². The first-order valence-corrected chi connectivity index (χ1v) is 7.75. The topological polar surface area (TPSA) is 63.5 Å². The second kappa shape index (κ2) is 4.80. The Morgan fingerprint density at radius 2 is 2.05 bits per heavy atom. The van der Waals surface area contributed by atoms with E-state index in [0.29, 0.717) is 5.56 Å². The van der Waals surface area contributed by atoms with Crippen molar-refractivity contribution in [3.05, 3.63) is 39.9 Å². The van der Waals surface area contributed by atoms with E-state index in [0.717, 1.165) is 25.8 Å². The van der Waals surface area contributed by atoms with Crippen LogP contribution in [0, 0.1) is 20.9 Å². The normalized spacial score (nSPS) is 29.4. The summed E-state index contributed by atoms with van der Waals surface area (Å²) in [5.74, 6) is -0.0740. The molecule has 0 spiro atoms. The van der Waals surface area contributed by atoms with Crippen molar-refractivity contribution in [1.29, 1.82) is 0 Å². The smallest absolute Gasteiger partial charge is 0.270 e. The third-order valence-corrected chi connectivity index (χ3v) is 4.98. The van der Waals surface area contributed by atoms with Crippen LogP contribution in [0.1, 0.15) is 50.4 Å². The fraction of sp³-hybridized carbons (Fsp3) is 0.588. The van der Waals surface area contributed by atoms with E-state index in [4.69, 9.17) is 0 Å². The van der Waals surface area contributed by atoms with Crippen LogP contribution in [0.2, 0.25) is 0 Å². The van der Waals surface area contributed by atoms with Crippen LogP contribution in [0.3, 0.4) is 0 Å². The molecule has 1 aromatic rings. The predicted octanol–water partition coefficient (Wildman–Crippen LogP) is 3.64. The average Bonchev–Trinajstić information content (AvgIpc) is 2.67. The second-order valence-electron chi connectivity index (χ2n) is 7.95. The van der Waals surface area contributed by atoms with Gasteiger partial charge in [-0.15, -0.1) is 0 Å². The number of carbonyl (C=O) groups excluding carboxylic acids is 1. The van der Waals surface area contributed by atoms with Gasteiger partial charge in [0.2, 0.25) is 0 Å². The van der Waals surface area contributed by atoms with Gasteiger partial charge < -0.3 is 4.90 Å². The molecule has 0 radical (unpaired) electrons. The Morgan fingerprint density at radius 1 is 1.32 bits per heavy atom. The fourth-order valence-electron chi connectivity index (χ4n) is 4.62. The van der Waals surface area contributed by atoms with E-state index in [1.54, 1.807) is 12.1 Å². The summed E-state index contributed by atoms with van der Waals surface area (Å²) in [5.41, 5.74) is 0.806. The molecule has 0 unspecified atom stereocenters. The number of nitrogens with zero attached hydrogens (tertiary/aromatic N) is 2. The van der Waals surface area contributed by atoms with Crippen molar-refractivity contribution < 1.29 is 9.72 Å². The largest absolute Gasteiger partial charge is 0.335 e. The summed E-state index contributed by atoms with van der Waals surface area (Å²) < 4.78 is 0. The maximum Gasteiger partial charge on any atom is 0.270 e. The number of likely N-dealkylation sites (tertiary alicyclic amines) is 1. The van der Waals surface area contributed by atoms with Crippen LogP contribution in [0.5, 0.6) is 0 Å². The first-order valence-electron chi connectivity index (χ1n) is 7.75. The lowest BCUT2D eigenvalue weighted by Gasteiger charge is -2.39. The Hall–Kier alpha value is -1.91. The minimum Gasteiger partial charge on any atom is -0.335 e. The van der Waals surface area contributed by atoms with Gasteiger partial charge in [-0.3, -0.25) is 14.9 Å². The van der Waals surface area contributed by atoms with Gasteiger partial charge in [-0.2, -0.15) is 0 Å². The van der Waals surface area contributed by atoms with Gasteiger partial charge >= 0.3 is 0 Å². The Kier molecular flexibility index (Phi) is 3.27. The maximum atomic E-state index is 12.8. The highest BCUT2D eigenvalue weighted by Gasteiger charge is 2.51. The molecule has 1 amide bonds. The van der Waals surface area contributed by atoms with E-state index in [-0.39, 0.29) is 28.5 Å². The van der Waals surface area contributed by atoms with E-state index in [9.17, 15) is 14.9 Å². The molecule has 1 saturated carbocycles. The molecular weight excluding hydrogens is 280 g/mol. The number of amides is 1. The summed E-state index contributed by atoms with van der Waals surface area (Å²) in [6.07, 6.45) is 3.16. The van der Waals surface area contributed by atoms with E-state index in [1.807, 2.05) is 4.90 Å². The van der Waals surface area contributed by atoms with Gasteiger partial charge in [0.05, 0.1) is 4.92 Å². The molecule has 2 fully saturated rings. The Labute approximate surface area is 130 Å². The van der Waals surface area contributed by atoms with Crippen LogP contribution in [0.15, 0.2) is 24.3 Å². The fourth-order valence-corrected chi connectivity index (χ4v) is 4.62. The van der Waals surface area contributed by atoms with Crippen LogP contribution in [-0.4, -0.2) is 28.3 Å². The van der Waals surface area contributed by atoms with E-state index in [2.05, 4.69) is 20.8 Å². The van der Waals surface area contributed by atoms with Gasteiger partial charge in [-0.25, -0.2) is 0 Å². The van der Waals surface area contributed by atoms with Gasteiger partial charge in [0.15, 0.2) is 0 Å². The Bertz CT molecular complexity index is 641. The number of nitro groups is 1. The van der Waals surface area contributed by atoms with Crippen molar-refractivity contribution in [3.63, 3.8) is 0 Å². The Morgan fingerprint density at radius 3 is 2.73 bits per heavy atom. The van der Waals surface area contributed by atoms with Crippen molar-refractivity contribution in [2.75, 3.05) is 6.54 Å². The molecule has 118 valence electrons. The standard InChI is InChI=1S/C17H22N2O3/c1-16(2)8-14-9-17(3,10-16)11-18(14)15(20)12-5-4-6-13(7-12)19(21)22/h4-7,14H,8-11H2,1-3H3/t14-,17-/m0/s1. The quantitative estimate of drug-likeness (QED) is 0.619. The van der Waals surface area contributed by atoms with Crippen molar-refractivity contribution in [3.8, 4) is 0 Å². The maximum absolute atomic E-state index is 12.8. The lowest BCUT2D eigenvalue weighted by molar-refractivity contribution is -0.384. The molecule has 1 heterocycles. The molecule has 22 heavy (non-hydrogen) atoms. The van der Waals surface area contributed by atoms with Crippen LogP contribution in [-0.2, 0) is 0 Å². The van der Waals surface area contributed by atoms with Crippen molar-refractivity contribution in [2.24, 2.45) is 10.8 Å². The first-order chi connectivity index (χ1) is 10.2. The molecule has 2 atom stereocenters. The highest BCUT2D eigenvalue weighted by molar-refractivity contribution is 5.95. The highest BCUT2D eigenvalue weighted by atomic mass is 16.6. The zero-order chi connectivity index (χ0) is 16.1. The molecule has 2 aliphatic rings. The van der Waals surface area contributed by atoms with Crippen LogP contribution in [0.4, 0.5) is 5.69 Å². The van der Waals surface area contributed by atoms with Gasteiger partial charge in [0.25, 0.3) is 11.6 Å². The van der Waals surface area contributed by atoms with Crippen molar-refractivity contribution >= 4 is 11.6 Å². The molecule has 0 aromatic heterocycles. The molecule has 2 bridgehead atoms. The number of nitro benzene ring substituents is 1. The molecule has 5 heteroatoms. The SMILES string of the molecule is CC1(C)C[C@H]2C[C@](C)(CN2C(=O)c2cccc([N+](=O)[O-])c2)C1. The van der Waals surface area contributed by atoms with Gasteiger partial charge in [-0.05, 0) is 36.2 Å². The number of rotatable bonds is 2. The molecule has 1 aliphatic heterocycles. The summed E-state index contributed by atoms with van der Waals surface area (Å²) >= 11 is 0. The molecule has 3 rings (SSSR count). The summed E-state index contributed by atoms with van der Waals surface area (Å²) in [6.45, 7) is 7.53. The molecule has 1 aromatic carbocycles. The van der Waals surface area contributed by atoms with Crippen molar-refractivity contribution in [1.82, 2.24) is 4.90 Å². The molecular formula is C17H22N2O3. The van der Waals surface area contributed by atoms with E-state index < -0.39 is 4.92 Å². The Balaban J connectivity index is 1.87. The van der Waals surface area contributed by atoms with Gasteiger partial charge in [-0.1, -0.05) is 26.8 Å². The van der Waals surface area contributed by atoms with Crippen LogP contribution in [0.25, 0.3) is 0 Å². The van der Waals surface area contributed by atoms with E-state index in [1.165, 1.54) is 12.1 Å². The lowest BCUT2D eigenvalue weighted by atomic mass is 9.65. The van der Waals surface area contributed by atoms with Gasteiger partial charge in [0.1, 0.15) is 0 Å². The zero-order valence-electron chi connectivity index (χ0n) is 13.3. The minimum atomic E-state index is -0.455. The molecule has 1 aliphatic carbocycles. The number of benzene rings is 1. The van der Waals surface area contributed by atoms with E-state index >= 15 is 0 Å². The summed E-state index contributed by atoms with van der Waals surface area (Å²) in [7, 11) is 0. The highest BCUT2D eigenvalue weighted by Crippen LogP contribution is 2.52. The lowest BCUT2D eigenvalue weighted by Crippen LogP contribution is -2.37. The first kappa shape index (κ1) is 15.0.